The largest absolute Gasteiger partial charge is 0.378 e. The number of halogens is 2. The first-order valence-corrected chi connectivity index (χ1v) is 8.76. The van der Waals surface area contributed by atoms with E-state index in [1.54, 1.807) is 6.20 Å². The molecule has 2 atom stereocenters. The topological polar surface area (TPSA) is 71.7 Å². The maximum Gasteiger partial charge on any atom is 0.243 e. The quantitative estimate of drug-likeness (QED) is 0.831. The molecule has 1 saturated carbocycles. The van der Waals surface area contributed by atoms with Gasteiger partial charge in [-0.2, -0.15) is 0 Å². The van der Waals surface area contributed by atoms with Gasteiger partial charge >= 0.3 is 0 Å². The van der Waals surface area contributed by atoms with Crippen molar-refractivity contribution in [2.24, 2.45) is 11.1 Å². The molecule has 0 bridgehead atoms. The van der Waals surface area contributed by atoms with E-state index in [1.807, 2.05) is 43.9 Å². The van der Waals surface area contributed by atoms with Gasteiger partial charge in [0.15, 0.2) is 0 Å². The van der Waals surface area contributed by atoms with Crippen LogP contribution in [0.4, 0.5) is 5.82 Å². The third kappa shape index (κ3) is 3.79. The maximum atomic E-state index is 13.0. The number of nitrogens with zero attached hydrogens (tertiary/aromatic N) is 3. The summed E-state index contributed by atoms with van der Waals surface area (Å²) in [6.07, 6.45) is 2.46. The van der Waals surface area contributed by atoms with Gasteiger partial charge in [0.05, 0.1) is 6.10 Å². The molecule has 1 aromatic heterocycles. The fourth-order valence-corrected chi connectivity index (χ4v) is 3.76. The Morgan fingerprint density at radius 3 is 2.42 bits per heavy atom. The average Bonchev–Trinajstić information content (AvgIpc) is 2.61. The number of hydrogen-bond donors (Lipinski definition) is 1. The lowest BCUT2D eigenvalue weighted by Gasteiger charge is -2.59. The van der Waals surface area contributed by atoms with E-state index in [9.17, 15) is 4.79 Å². The highest BCUT2D eigenvalue weighted by atomic mass is 35.5. The number of ether oxygens (including phenoxy) is 1. The highest BCUT2D eigenvalue weighted by Crippen LogP contribution is 2.50. The van der Waals surface area contributed by atoms with Crippen molar-refractivity contribution >= 4 is 36.5 Å². The normalized spacial score (nSPS) is 27.0. The van der Waals surface area contributed by atoms with Crippen LogP contribution in [0.15, 0.2) is 24.4 Å². The Labute approximate surface area is 168 Å². The van der Waals surface area contributed by atoms with E-state index in [1.165, 1.54) is 0 Å². The van der Waals surface area contributed by atoms with Crippen molar-refractivity contribution in [3.05, 3.63) is 24.4 Å². The molecule has 2 heterocycles. The highest BCUT2D eigenvalue weighted by Gasteiger charge is 2.63. The van der Waals surface area contributed by atoms with Gasteiger partial charge in [0, 0.05) is 50.8 Å². The molecule has 6 nitrogen and oxygen atoms in total. The van der Waals surface area contributed by atoms with Gasteiger partial charge in [0.25, 0.3) is 0 Å². The molecular formula is C18H30Cl2N4O2. The number of piperazine rings is 1. The molecule has 0 spiro atoms. The lowest BCUT2D eigenvalue weighted by Crippen LogP contribution is -2.76. The molecule has 3 rings (SSSR count). The minimum atomic E-state index is -0.819. The van der Waals surface area contributed by atoms with Gasteiger partial charge in [-0.05, 0) is 19.1 Å². The Kier molecular flexibility index (Phi) is 7.72. The molecule has 2 unspecified atom stereocenters. The standard InChI is InChI=1S/C18H28N4O2.2ClH/c1-4-24-14-13-18(19,17(14,2)3)16(23)22-11-9-21(10-12-22)15-7-5-6-8-20-15;;/h5-8,14H,4,9-13,19H2,1-3H3;2*1H. The Morgan fingerprint density at radius 2 is 1.92 bits per heavy atom. The van der Waals surface area contributed by atoms with Gasteiger partial charge < -0.3 is 20.3 Å². The number of nitrogens with two attached hydrogens (primary N) is 1. The molecule has 2 N–H and O–H groups in total. The van der Waals surface area contributed by atoms with E-state index in [0.717, 1.165) is 18.9 Å². The molecule has 2 fully saturated rings. The van der Waals surface area contributed by atoms with Gasteiger partial charge in [0.1, 0.15) is 11.4 Å². The molecule has 1 amide bonds. The van der Waals surface area contributed by atoms with E-state index in [2.05, 4.69) is 9.88 Å². The van der Waals surface area contributed by atoms with Crippen LogP contribution in [-0.4, -0.2) is 60.2 Å². The Hall–Kier alpha value is -1.08. The Balaban J connectivity index is 0.00000169. The first-order valence-electron chi connectivity index (χ1n) is 8.76. The first kappa shape index (κ1) is 23.0. The lowest BCUT2D eigenvalue weighted by molar-refractivity contribution is -0.179. The molecule has 1 saturated heterocycles. The second-order valence-corrected chi connectivity index (χ2v) is 7.31. The summed E-state index contributed by atoms with van der Waals surface area (Å²) in [6.45, 7) is 9.65. The summed E-state index contributed by atoms with van der Waals surface area (Å²) in [5, 5.41) is 0. The molecule has 26 heavy (non-hydrogen) atoms. The summed E-state index contributed by atoms with van der Waals surface area (Å²) < 4.78 is 5.73. The number of carbonyl (C=O) groups excluding carboxylic acids is 1. The third-order valence-corrected chi connectivity index (χ3v) is 5.75. The van der Waals surface area contributed by atoms with E-state index < -0.39 is 5.54 Å². The minimum Gasteiger partial charge on any atom is -0.378 e. The van der Waals surface area contributed by atoms with Crippen molar-refractivity contribution in [2.45, 2.75) is 38.8 Å². The summed E-state index contributed by atoms with van der Waals surface area (Å²) >= 11 is 0. The smallest absolute Gasteiger partial charge is 0.243 e. The Bertz CT molecular complexity index is 594. The number of anilines is 1. The minimum absolute atomic E-state index is 0. The zero-order valence-corrected chi connectivity index (χ0v) is 17.3. The van der Waals surface area contributed by atoms with Crippen LogP contribution in [0.5, 0.6) is 0 Å². The van der Waals surface area contributed by atoms with Crippen LogP contribution in [0.3, 0.4) is 0 Å². The van der Waals surface area contributed by atoms with Gasteiger partial charge in [-0.15, -0.1) is 24.8 Å². The second-order valence-electron chi connectivity index (χ2n) is 7.31. The lowest BCUT2D eigenvalue weighted by atomic mass is 9.54. The fourth-order valence-electron chi connectivity index (χ4n) is 3.76. The fraction of sp³-hybridized carbons (Fsp3) is 0.667. The zero-order valence-electron chi connectivity index (χ0n) is 15.7. The first-order chi connectivity index (χ1) is 11.4. The molecule has 1 aliphatic carbocycles. The van der Waals surface area contributed by atoms with Crippen LogP contribution in [0.25, 0.3) is 0 Å². The zero-order chi connectivity index (χ0) is 17.4. The van der Waals surface area contributed by atoms with Crippen LogP contribution in [0.1, 0.15) is 27.2 Å². The highest BCUT2D eigenvalue weighted by molar-refractivity contribution is 5.89. The number of amides is 1. The van der Waals surface area contributed by atoms with Crippen LogP contribution in [-0.2, 0) is 9.53 Å². The molecule has 1 aromatic rings. The van der Waals surface area contributed by atoms with E-state index >= 15 is 0 Å². The summed E-state index contributed by atoms with van der Waals surface area (Å²) in [4.78, 5) is 21.5. The third-order valence-electron chi connectivity index (χ3n) is 5.75. The number of hydrogen-bond acceptors (Lipinski definition) is 5. The second kappa shape index (κ2) is 8.74. The molecule has 8 heteroatoms. The molecule has 0 aromatic carbocycles. The van der Waals surface area contributed by atoms with Gasteiger partial charge in [-0.3, -0.25) is 4.79 Å². The molecule has 1 aliphatic heterocycles. The molecule has 148 valence electrons. The SMILES string of the molecule is CCOC1CC(N)(C(=O)N2CCN(c3ccccn3)CC2)C1(C)C.Cl.Cl. The summed E-state index contributed by atoms with van der Waals surface area (Å²) in [6, 6.07) is 5.90. The number of rotatable bonds is 4. The van der Waals surface area contributed by atoms with Crippen molar-refractivity contribution in [1.29, 1.82) is 0 Å². The molecular weight excluding hydrogens is 375 g/mol. The monoisotopic (exact) mass is 404 g/mol. The van der Waals surface area contributed by atoms with Crippen LogP contribution in [0, 0.1) is 5.41 Å². The van der Waals surface area contributed by atoms with Crippen molar-refractivity contribution in [3.63, 3.8) is 0 Å². The van der Waals surface area contributed by atoms with Gasteiger partial charge in [-0.1, -0.05) is 19.9 Å². The summed E-state index contributed by atoms with van der Waals surface area (Å²) in [5.41, 5.74) is 5.37. The predicted octanol–water partition coefficient (Wildman–Crippen LogP) is 2.11. The van der Waals surface area contributed by atoms with E-state index in [-0.39, 0.29) is 42.2 Å². The number of pyridine rings is 1. The van der Waals surface area contributed by atoms with E-state index in [4.69, 9.17) is 10.5 Å². The van der Waals surface area contributed by atoms with Crippen LogP contribution in [0.2, 0.25) is 0 Å². The molecule has 0 radical (unpaired) electrons. The number of aromatic nitrogens is 1. The average molecular weight is 405 g/mol. The van der Waals surface area contributed by atoms with Gasteiger partial charge in [-0.25, -0.2) is 4.98 Å². The maximum absolute atomic E-state index is 13.0. The molecule has 2 aliphatic rings. The van der Waals surface area contributed by atoms with Gasteiger partial charge in [0.2, 0.25) is 5.91 Å². The number of carbonyl (C=O) groups is 1. The van der Waals surface area contributed by atoms with E-state index in [0.29, 0.717) is 26.1 Å². The van der Waals surface area contributed by atoms with Crippen molar-refractivity contribution in [3.8, 4) is 0 Å². The van der Waals surface area contributed by atoms with Crippen molar-refractivity contribution in [1.82, 2.24) is 9.88 Å². The summed E-state index contributed by atoms with van der Waals surface area (Å²) in [5.74, 6) is 1.02. The predicted molar refractivity (Wildman–Crippen MR) is 108 cm³/mol. The van der Waals surface area contributed by atoms with Crippen molar-refractivity contribution in [2.75, 3.05) is 37.7 Å². The van der Waals surface area contributed by atoms with Crippen LogP contribution < -0.4 is 10.6 Å². The summed E-state index contributed by atoms with van der Waals surface area (Å²) in [7, 11) is 0. The Morgan fingerprint density at radius 1 is 1.27 bits per heavy atom. The van der Waals surface area contributed by atoms with Crippen LogP contribution >= 0.6 is 24.8 Å². The van der Waals surface area contributed by atoms with Crippen molar-refractivity contribution < 1.29 is 9.53 Å².